The lowest BCUT2D eigenvalue weighted by atomic mass is 9.98. The Kier molecular flexibility index (Phi) is 7.59. The molecule has 3 aromatic rings. The van der Waals surface area contributed by atoms with Gasteiger partial charge in [-0.1, -0.05) is 23.7 Å². The molecule has 4 rings (SSSR count). The summed E-state index contributed by atoms with van der Waals surface area (Å²) in [6.07, 6.45) is 1.03. The minimum absolute atomic E-state index is 0.00874. The van der Waals surface area contributed by atoms with Crippen molar-refractivity contribution in [1.29, 1.82) is 0 Å². The van der Waals surface area contributed by atoms with Crippen LogP contribution in [0.1, 0.15) is 12.8 Å². The van der Waals surface area contributed by atoms with Crippen LogP contribution in [-0.4, -0.2) is 38.8 Å². The SMILES string of the molecule is COc1ccccc1Oc1ccc(Cl)cc1NC(=O)[C@H]1CCCN(S(=O)(=O)c2ccc(F)cc2)C1. The summed E-state index contributed by atoms with van der Waals surface area (Å²) in [5.41, 5.74) is 0.354. The normalized spacial score (nSPS) is 16.5. The summed E-state index contributed by atoms with van der Waals surface area (Å²) < 4.78 is 51.8. The molecule has 7 nitrogen and oxygen atoms in total. The van der Waals surface area contributed by atoms with Crippen molar-refractivity contribution in [2.45, 2.75) is 17.7 Å². The smallest absolute Gasteiger partial charge is 0.243 e. The fourth-order valence-corrected chi connectivity index (χ4v) is 5.57. The quantitative estimate of drug-likeness (QED) is 0.457. The minimum atomic E-state index is -3.85. The Hall–Kier alpha value is -3.14. The van der Waals surface area contributed by atoms with E-state index in [0.29, 0.717) is 40.8 Å². The molecular weight excluding hydrogens is 495 g/mol. The van der Waals surface area contributed by atoms with Crippen molar-refractivity contribution in [2.24, 2.45) is 5.92 Å². The van der Waals surface area contributed by atoms with Crippen LogP contribution in [0.15, 0.2) is 71.6 Å². The highest BCUT2D eigenvalue weighted by Crippen LogP contribution is 2.37. The van der Waals surface area contributed by atoms with Gasteiger partial charge in [-0.2, -0.15) is 4.31 Å². The lowest BCUT2D eigenvalue weighted by Gasteiger charge is -2.31. The molecule has 1 aliphatic heterocycles. The number of benzene rings is 3. The van der Waals surface area contributed by atoms with Crippen molar-refractivity contribution < 1.29 is 27.1 Å². The van der Waals surface area contributed by atoms with Crippen molar-refractivity contribution in [3.8, 4) is 17.2 Å². The molecule has 35 heavy (non-hydrogen) atoms. The first-order chi connectivity index (χ1) is 16.8. The summed E-state index contributed by atoms with van der Waals surface area (Å²) >= 11 is 6.16. The van der Waals surface area contributed by atoms with Crippen LogP contribution in [-0.2, 0) is 14.8 Å². The molecule has 0 aliphatic carbocycles. The number of methoxy groups -OCH3 is 1. The van der Waals surface area contributed by atoms with E-state index in [4.69, 9.17) is 21.1 Å². The third-order valence-corrected chi connectivity index (χ3v) is 7.81. The molecule has 1 aliphatic rings. The maximum atomic E-state index is 13.2. The maximum Gasteiger partial charge on any atom is 0.243 e. The Bertz CT molecular complexity index is 1320. The molecule has 0 bridgehead atoms. The summed E-state index contributed by atoms with van der Waals surface area (Å²) in [4.78, 5) is 13.1. The molecule has 0 saturated carbocycles. The van der Waals surface area contributed by atoms with Crippen LogP contribution < -0.4 is 14.8 Å². The van der Waals surface area contributed by atoms with E-state index in [1.54, 1.807) is 36.4 Å². The fourth-order valence-electron chi connectivity index (χ4n) is 3.88. The molecule has 0 spiro atoms. The van der Waals surface area contributed by atoms with E-state index < -0.39 is 21.8 Å². The Morgan fingerprint density at radius 3 is 2.49 bits per heavy atom. The number of nitrogens with one attached hydrogen (secondary N) is 1. The molecule has 3 aromatic carbocycles. The van der Waals surface area contributed by atoms with Gasteiger partial charge in [0.15, 0.2) is 17.2 Å². The minimum Gasteiger partial charge on any atom is -0.493 e. The number of para-hydroxylation sites is 2. The van der Waals surface area contributed by atoms with E-state index >= 15 is 0 Å². The first-order valence-electron chi connectivity index (χ1n) is 10.9. The summed E-state index contributed by atoms with van der Waals surface area (Å²) in [5.74, 6) is -0.115. The Morgan fingerprint density at radius 2 is 1.77 bits per heavy atom. The van der Waals surface area contributed by atoms with Gasteiger partial charge in [0.1, 0.15) is 5.82 Å². The van der Waals surface area contributed by atoms with Crippen molar-refractivity contribution in [1.82, 2.24) is 4.31 Å². The molecule has 0 aromatic heterocycles. The molecule has 1 saturated heterocycles. The second kappa shape index (κ2) is 10.6. The van der Waals surface area contributed by atoms with Crippen LogP contribution in [0, 0.1) is 11.7 Å². The van der Waals surface area contributed by atoms with Crippen LogP contribution in [0.4, 0.5) is 10.1 Å². The molecule has 1 N–H and O–H groups in total. The number of hydrogen-bond donors (Lipinski definition) is 1. The van der Waals surface area contributed by atoms with Gasteiger partial charge in [-0.15, -0.1) is 0 Å². The topological polar surface area (TPSA) is 84.9 Å². The number of ether oxygens (including phenoxy) is 2. The third kappa shape index (κ3) is 5.75. The van der Waals surface area contributed by atoms with Crippen LogP contribution in [0.3, 0.4) is 0 Å². The Balaban J connectivity index is 1.51. The van der Waals surface area contributed by atoms with Gasteiger partial charge in [0, 0.05) is 18.1 Å². The monoisotopic (exact) mass is 518 g/mol. The lowest BCUT2D eigenvalue weighted by Crippen LogP contribution is -2.43. The van der Waals surface area contributed by atoms with E-state index in [1.807, 2.05) is 6.07 Å². The van der Waals surface area contributed by atoms with Crippen molar-refractivity contribution in [2.75, 3.05) is 25.5 Å². The number of rotatable bonds is 7. The predicted octanol–water partition coefficient (Wildman–Crippen LogP) is 5.32. The number of amides is 1. The Morgan fingerprint density at radius 1 is 1.06 bits per heavy atom. The average molecular weight is 519 g/mol. The molecular formula is C25H24ClFN2O5S. The van der Waals surface area contributed by atoms with Crippen molar-refractivity contribution in [3.05, 3.63) is 77.6 Å². The molecule has 1 fully saturated rings. The molecule has 10 heteroatoms. The molecule has 0 unspecified atom stereocenters. The standard InChI is InChI=1S/C25H24ClFN2O5S/c1-33-23-6-2-3-7-24(23)34-22-13-8-18(26)15-21(22)28-25(30)17-5-4-14-29(16-17)35(31,32)20-11-9-19(27)10-12-20/h2-3,6-13,15,17H,4-5,14,16H2,1H3,(H,28,30)/t17-/m0/s1. The highest BCUT2D eigenvalue weighted by molar-refractivity contribution is 7.89. The number of carbonyl (C=O) groups is 1. The average Bonchev–Trinajstić information content (AvgIpc) is 2.86. The van der Waals surface area contributed by atoms with E-state index in [1.165, 1.54) is 23.5 Å². The van der Waals surface area contributed by atoms with E-state index in [0.717, 1.165) is 12.1 Å². The molecule has 1 amide bonds. The summed E-state index contributed by atoms with van der Waals surface area (Å²) in [6, 6.07) is 16.6. The van der Waals surface area contributed by atoms with Crippen molar-refractivity contribution >= 4 is 33.2 Å². The molecule has 1 atom stereocenters. The largest absolute Gasteiger partial charge is 0.493 e. The number of anilines is 1. The van der Waals surface area contributed by atoms with Crippen LogP contribution in [0.5, 0.6) is 17.2 Å². The van der Waals surface area contributed by atoms with Gasteiger partial charge in [0.2, 0.25) is 15.9 Å². The number of hydrogen-bond acceptors (Lipinski definition) is 5. The highest BCUT2D eigenvalue weighted by Gasteiger charge is 2.33. The van der Waals surface area contributed by atoms with E-state index in [9.17, 15) is 17.6 Å². The van der Waals surface area contributed by atoms with E-state index in [-0.39, 0.29) is 23.9 Å². The summed E-state index contributed by atoms with van der Waals surface area (Å²) in [5, 5.41) is 3.24. The number of sulfonamides is 1. The second-order valence-electron chi connectivity index (χ2n) is 8.04. The zero-order chi connectivity index (χ0) is 25.0. The molecule has 1 heterocycles. The van der Waals surface area contributed by atoms with Gasteiger partial charge in [0.05, 0.1) is 23.6 Å². The Labute approximate surface area is 208 Å². The molecule has 184 valence electrons. The van der Waals surface area contributed by atoms with Crippen LogP contribution >= 0.6 is 11.6 Å². The van der Waals surface area contributed by atoms with Gasteiger partial charge < -0.3 is 14.8 Å². The maximum absolute atomic E-state index is 13.2. The van der Waals surface area contributed by atoms with Gasteiger partial charge in [-0.05, 0) is 67.4 Å². The van der Waals surface area contributed by atoms with Crippen LogP contribution in [0.25, 0.3) is 0 Å². The number of halogens is 2. The summed E-state index contributed by atoms with van der Waals surface area (Å²) in [6.45, 7) is 0.289. The van der Waals surface area contributed by atoms with E-state index in [2.05, 4.69) is 5.32 Å². The second-order valence-corrected chi connectivity index (χ2v) is 10.4. The molecule has 0 radical (unpaired) electrons. The number of nitrogens with zero attached hydrogens (tertiary/aromatic N) is 1. The zero-order valence-electron chi connectivity index (χ0n) is 18.9. The van der Waals surface area contributed by atoms with Crippen molar-refractivity contribution in [3.63, 3.8) is 0 Å². The zero-order valence-corrected chi connectivity index (χ0v) is 20.5. The fraction of sp³-hybridized carbons (Fsp3) is 0.240. The van der Waals surface area contributed by atoms with Gasteiger partial charge in [-0.25, -0.2) is 12.8 Å². The first kappa shape index (κ1) is 25.0. The van der Waals surface area contributed by atoms with Gasteiger partial charge in [-0.3, -0.25) is 4.79 Å². The lowest BCUT2D eigenvalue weighted by molar-refractivity contribution is -0.120. The highest BCUT2D eigenvalue weighted by atomic mass is 35.5. The van der Waals surface area contributed by atoms with Gasteiger partial charge in [0.25, 0.3) is 0 Å². The number of piperidine rings is 1. The summed E-state index contributed by atoms with van der Waals surface area (Å²) in [7, 11) is -2.33. The van der Waals surface area contributed by atoms with Gasteiger partial charge >= 0.3 is 0 Å². The van der Waals surface area contributed by atoms with Crippen LogP contribution in [0.2, 0.25) is 5.02 Å². The number of carbonyl (C=O) groups excluding carboxylic acids is 1. The third-order valence-electron chi connectivity index (χ3n) is 5.69. The first-order valence-corrected chi connectivity index (χ1v) is 12.8. The predicted molar refractivity (Wildman–Crippen MR) is 131 cm³/mol.